The molecule has 0 unspecified atom stereocenters. The molecule has 0 radical (unpaired) electrons. The summed E-state index contributed by atoms with van der Waals surface area (Å²) in [6, 6.07) is 52.3. The van der Waals surface area contributed by atoms with Crippen LogP contribution in [0, 0.1) is 5.41 Å². The van der Waals surface area contributed by atoms with E-state index in [4.69, 9.17) is 0 Å². The molecule has 6 aromatic carbocycles. The normalized spacial score (nSPS) is 13.6. The van der Waals surface area contributed by atoms with Gasteiger partial charge >= 0.3 is 0 Å². The lowest BCUT2D eigenvalue weighted by molar-refractivity contribution is 1.16. The Morgan fingerprint density at radius 2 is 1.13 bits per heavy atom. The van der Waals surface area contributed by atoms with Crippen LogP contribution in [0.5, 0.6) is 0 Å². The van der Waals surface area contributed by atoms with E-state index in [0.29, 0.717) is 5.71 Å². The van der Waals surface area contributed by atoms with E-state index < -0.39 is 0 Å². The molecule has 1 aromatic heterocycles. The minimum absolute atomic E-state index is 0.466. The topological polar surface area (TPSA) is 48.8 Å². The Morgan fingerprint density at radius 3 is 1.80 bits per heavy atom. The zero-order chi connectivity index (χ0) is 30.2. The van der Waals surface area contributed by atoms with Crippen molar-refractivity contribution in [3.8, 4) is 11.1 Å². The zero-order valence-corrected chi connectivity index (χ0v) is 24.5. The van der Waals surface area contributed by atoms with Crippen molar-refractivity contribution in [2.75, 3.05) is 0 Å². The van der Waals surface area contributed by atoms with Crippen LogP contribution in [0.3, 0.4) is 0 Å². The van der Waals surface area contributed by atoms with Gasteiger partial charge in [0.1, 0.15) is 0 Å². The molecule has 0 atom stereocenters. The minimum Gasteiger partial charge on any atom is -0.353 e. The van der Waals surface area contributed by atoms with Gasteiger partial charge in [0, 0.05) is 22.9 Å². The second kappa shape index (κ2) is 11.2. The molecule has 2 heterocycles. The Morgan fingerprint density at radius 1 is 0.556 bits per heavy atom. The standard InChI is InChI=1S/C42H29N3/c43-41(40-34-23-11-9-21-32(34)38(28-15-3-1-4-16-28)33-22-10-12-24-35(33)40)39(29-17-5-2-6-18-29)42-31-20-8-7-19-30(31)27-37(45-42)36-25-13-14-26-44-36/h1-27,43,45H/b42-39-,43-41?. The van der Waals surface area contributed by atoms with Crippen molar-refractivity contribution in [2.24, 2.45) is 0 Å². The predicted octanol–water partition coefficient (Wildman–Crippen LogP) is 10.1. The van der Waals surface area contributed by atoms with Gasteiger partial charge in [-0.1, -0.05) is 140 Å². The molecule has 3 nitrogen and oxygen atoms in total. The van der Waals surface area contributed by atoms with Crippen LogP contribution in [-0.4, -0.2) is 10.7 Å². The molecular weight excluding hydrogens is 546 g/mol. The third-order valence-electron chi connectivity index (χ3n) is 8.54. The minimum atomic E-state index is 0.466. The molecule has 3 heteroatoms. The van der Waals surface area contributed by atoms with Crippen LogP contribution < -0.4 is 5.32 Å². The van der Waals surface area contributed by atoms with Crippen molar-refractivity contribution < 1.29 is 0 Å². The van der Waals surface area contributed by atoms with E-state index in [2.05, 4.69) is 132 Å². The fourth-order valence-electron chi connectivity index (χ4n) is 6.56. The SMILES string of the molecule is N=C(/C(=C1\NC(c2ccccn2)=Cc2ccccc21)c1ccccc1)c1c2ccccc2c(-c2ccccc2)c2ccccc12. The number of hydrogen-bond donors (Lipinski definition) is 2. The van der Waals surface area contributed by atoms with E-state index in [9.17, 15) is 5.41 Å². The maximum absolute atomic E-state index is 10.2. The highest BCUT2D eigenvalue weighted by Crippen LogP contribution is 2.42. The van der Waals surface area contributed by atoms with Gasteiger partial charge < -0.3 is 5.32 Å². The number of fused-ring (bicyclic) bond motifs is 3. The molecule has 2 N–H and O–H groups in total. The van der Waals surface area contributed by atoms with Crippen molar-refractivity contribution in [3.05, 3.63) is 186 Å². The van der Waals surface area contributed by atoms with Crippen molar-refractivity contribution in [1.82, 2.24) is 10.3 Å². The van der Waals surface area contributed by atoms with Gasteiger partial charge in [-0.15, -0.1) is 0 Å². The van der Waals surface area contributed by atoms with Crippen LogP contribution in [0.2, 0.25) is 0 Å². The lowest BCUT2D eigenvalue weighted by Gasteiger charge is -2.26. The van der Waals surface area contributed by atoms with Gasteiger partial charge in [-0.2, -0.15) is 0 Å². The summed E-state index contributed by atoms with van der Waals surface area (Å²) in [6.07, 6.45) is 3.96. The number of benzene rings is 6. The Hall–Kier alpha value is -6.06. The molecule has 1 aliphatic heterocycles. The Balaban J connectivity index is 1.45. The number of nitrogens with zero attached hydrogens (tertiary/aromatic N) is 1. The number of nitrogens with one attached hydrogen (secondary N) is 2. The molecule has 0 saturated carbocycles. The molecule has 0 amide bonds. The van der Waals surface area contributed by atoms with Gasteiger partial charge in [0.15, 0.2) is 0 Å². The van der Waals surface area contributed by atoms with E-state index in [1.165, 1.54) is 5.56 Å². The predicted molar refractivity (Wildman–Crippen MR) is 189 cm³/mol. The lowest BCUT2D eigenvalue weighted by Crippen LogP contribution is -2.21. The van der Waals surface area contributed by atoms with Gasteiger partial charge in [0.25, 0.3) is 0 Å². The Labute approximate surface area is 262 Å². The summed E-state index contributed by atoms with van der Waals surface area (Å²) < 4.78 is 0. The highest BCUT2D eigenvalue weighted by molar-refractivity contribution is 6.42. The van der Waals surface area contributed by atoms with Crippen LogP contribution in [0.1, 0.15) is 27.9 Å². The first kappa shape index (κ1) is 26.6. The molecular formula is C42H29N3. The van der Waals surface area contributed by atoms with Gasteiger partial charge in [-0.05, 0) is 62.0 Å². The first-order valence-corrected chi connectivity index (χ1v) is 15.2. The molecule has 8 rings (SSSR count). The summed E-state index contributed by atoms with van der Waals surface area (Å²) >= 11 is 0. The summed E-state index contributed by atoms with van der Waals surface area (Å²) in [5.41, 5.74) is 10.3. The number of allylic oxidation sites excluding steroid dienone is 1. The van der Waals surface area contributed by atoms with Crippen molar-refractivity contribution in [2.45, 2.75) is 0 Å². The van der Waals surface area contributed by atoms with E-state index >= 15 is 0 Å². The monoisotopic (exact) mass is 575 g/mol. The molecule has 0 aliphatic carbocycles. The summed E-state index contributed by atoms with van der Waals surface area (Å²) in [5, 5.41) is 18.3. The van der Waals surface area contributed by atoms with Gasteiger partial charge in [0.2, 0.25) is 0 Å². The number of pyridine rings is 1. The van der Waals surface area contributed by atoms with E-state index in [-0.39, 0.29) is 0 Å². The summed E-state index contributed by atoms with van der Waals surface area (Å²) in [7, 11) is 0. The lowest BCUT2D eigenvalue weighted by atomic mass is 9.82. The van der Waals surface area contributed by atoms with Crippen molar-refractivity contribution >= 4 is 50.3 Å². The van der Waals surface area contributed by atoms with Crippen LogP contribution >= 0.6 is 0 Å². The highest BCUT2D eigenvalue weighted by atomic mass is 14.9. The van der Waals surface area contributed by atoms with E-state index in [1.807, 2.05) is 42.6 Å². The quantitative estimate of drug-likeness (QED) is 0.158. The van der Waals surface area contributed by atoms with Crippen LogP contribution in [-0.2, 0) is 0 Å². The molecule has 212 valence electrons. The van der Waals surface area contributed by atoms with Crippen LogP contribution in [0.4, 0.5) is 0 Å². The van der Waals surface area contributed by atoms with Gasteiger partial charge in [-0.3, -0.25) is 10.4 Å². The largest absolute Gasteiger partial charge is 0.353 e. The highest BCUT2D eigenvalue weighted by Gasteiger charge is 2.26. The van der Waals surface area contributed by atoms with Crippen LogP contribution in [0.25, 0.3) is 55.7 Å². The summed E-state index contributed by atoms with van der Waals surface area (Å²) in [4.78, 5) is 4.66. The fraction of sp³-hybridized carbons (Fsp3) is 0. The number of aromatic nitrogens is 1. The Bertz CT molecular complexity index is 2230. The average molecular weight is 576 g/mol. The van der Waals surface area contributed by atoms with Gasteiger partial charge in [0.05, 0.1) is 22.8 Å². The first-order valence-electron chi connectivity index (χ1n) is 15.2. The molecule has 0 fully saturated rings. The third-order valence-corrected chi connectivity index (χ3v) is 8.54. The summed E-state index contributed by atoms with van der Waals surface area (Å²) in [5.74, 6) is 0. The third kappa shape index (κ3) is 4.62. The maximum atomic E-state index is 10.2. The second-order valence-corrected chi connectivity index (χ2v) is 11.2. The molecule has 7 aromatic rings. The van der Waals surface area contributed by atoms with Crippen molar-refractivity contribution in [3.63, 3.8) is 0 Å². The fourth-order valence-corrected chi connectivity index (χ4v) is 6.56. The van der Waals surface area contributed by atoms with E-state index in [1.54, 1.807) is 0 Å². The molecule has 0 spiro atoms. The first-order chi connectivity index (χ1) is 22.3. The number of rotatable bonds is 5. The Kier molecular flexibility index (Phi) is 6.62. The van der Waals surface area contributed by atoms with Crippen LogP contribution in [0.15, 0.2) is 158 Å². The van der Waals surface area contributed by atoms with Gasteiger partial charge in [-0.25, -0.2) is 0 Å². The number of hydrogen-bond acceptors (Lipinski definition) is 3. The maximum Gasteiger partial charge on any atom is 0.0864 e. The average Bonchev–Trinajstić information content (AvgIpc) is 3.11. The van der Waals surface area contributed by atoms with E-state index in [0.717, 1.165) is 72.0 Å². The molecule has 0 saturated heterocycles. The smallest absolute Gasteiger partial charge is 0.0864 e. The summed E-state index contributed by atoms with van der Waals surface area (Å²) in [6.45, 7) is 0. The second-order valence-electron chi connectivity index (χ2n) is 11.2. The zero-order valence-electron chi connectivity index (χ0n) is 24.5. The molecule has 45 heavy (non-hydrogen) atoms. The van der Waals surface area contributed by atoms with Crippen molar-refractivity contribution in [1.29, 1.82) is 5.41 Å². The molecule has 1 aliphatic rings. The molecule has 0 bridgehead atoms.